The molecule has 0 atom stereocenters. The van der Waals surface area contributed by atoms with Gasteiger partial charge in [0.15, 0.2) is 6.29 Å². The van der Waals surface area contributed by atoms with Gasteiger partial charge in [-0.1, -0.05) is 48.0 Å². The van der Waals surface area contributed by atoms with Gasteiger partial charge < -0.3 is 24.6 Å². The van der Waals surface area contributed by atoms with Crippen LogP contribution in [0.25, 0.3) is 27.9 Å². The summed E-state index contributed by atoms with van der Waals surface area (Å²) >= 11 is 6.52. The van der Waals surface area contributed by atoms with Gasteiger partial charge in [-0.2, -0.15) is 5.26 Å². The number of fused-ring (bicyclic) bond motifs is 1. The number of rotatable bonds is 13. The number of carbonyl (C=O) groups is 2. The van der Waals surface area contributed by atoms with Crippen LogP contribution in [0.2, 0.25) is 5.02 Å². The minimum atomic E-state index is -1.24. The SMILES string of the molecule is Cc1c(COc2cc(OCc3cncc(C#N)c3)c(C=O)cc2Cl)cccc1-c1cccc(-c2ccn3c(=O)c(CN(CCO)C(=O)O)cnc3c2)c1C. The largest absolute Gasteiger partial charge is 0.488 e. The van der Waals surface area contributed by atoms with Crippen LogP contribution in [0.15, 0.2) is 96.3 Å². The fraction of sp³-hybridized carbons (Fsp3) is 0.171. The molecule has 0 bridgehead atoms. The molecule has 1 amide bonds. The summed E-state index contributed by atoms with van der Waals surface area (Å²) < 4.78 is 13.5. The molecule has 0 radical (unpaired) electrons. The van der Waals surface area contributed by atoms with Crippen LogP contribution in [0, 0.1) is 25.2 Å². The minimum Gasteiger partial charge on any atom is -0.488 e. The molecular weight excluding hydrogens is 710 g/mol. The maximum Gasteiger partial charge on any atom is 0.407 e. The summed E-state index contributed by atoms with van der Waals surface area (Å²) in [5.41, 5.74) is 8.24. The molecule has 3 heterocycles. The average Bonchev–Trinajstić information content (AvgIpc) is 3.18. The van der Waals surface area contributed by atoms with E-state index in [9.17, 15) is 29.9 Å². The molecule has 0 saturated heterocycles. The second-order valence-corrected chi connectivity index (χ2v) is 12.8. The third-order valence-corrected chi connectivity index (χ3v) is 9.35. The molecule has 0 aliphatic carbocycles. The summed E-state index contributed by atoms with van der Waals surface area (Å²) in [6.07, 6.45) is 5.46. The molecule has 6 aromatic rings. The number of hydrogen-bond donors (Lipinski definition) is 2. The van der Waals surface area contributed by atoms with Crippen molar-refractivity contribution in [2.24, 2.45) is 0 Å². The van der Waals surface area contributed by atoms with E-state index in [-0.39, 0.29) is 60.4 Å². The first kappa shape index (κ1) is 37.2. The maximum atomic E-state index is 13.2. The summed E-state index contributed by atoms with van der Waals surface area (Å²) in [6.45, 7) is 3.64. The fourth-order valence-electron chi connectivity index (χ4n) is 6.15. The van der Waals surface area contributed by atoms with Gasteiger partial charge in [-0.15, -0.1) is 0 Å². The molecule has 0 aliphatic rings. The summed E-state index contributed by atoms with van der Waals surface area (Å²) in [4.78, 5) is 46.0. The van der Waals surface area contributed by atoms with Gasteiger partial charge in [-0.3, -0.25) is 19.0 Å². The van der Waals surface area contributed by atoms with Gasteiger partial charge in [-0.05, 0) is 77.1 Å². The Bertz CT molecular complexity index is 2490. The Morgan fingerprint density at radius 2 is 1.69 bits per heavy atom. The van der Waals surface area contributed by atoms with E-state index in [4.69, 9.17) is 21.1 Å². The number of aromatic nitrogens is 3. The summed E-state index contributed by atoms with van der Waals surface area (Å²) in [7, 11) is 0. The van der Waals surface area contributed by atoms with Crippen LogP contribution < -0.4 is 15.0 Å². The van der Waals surface area contributed by atoms with Gasteiger partial charge >= 0.3 is 6.09 Å². The molecule has 12 nitrogen and oxygen atoms in total. The number of aliphatic hydroxyl groups excluding tert-OH is 1. The molecule has 54 heavy (non-hydrogen) atoms. The fourth-order valence-corrected chi connectivity index (χ4v) is 6.38. The van der Waals surface area contributed by atoms with E-state index in [2.05, 4.69) is 9.97 Å². The standard InChI is InChI=1S/C41H34ClN5O7/c1-25-30(24-54-38-16-37(31(22-49)14-36(38)42)53-23-28-13-27(17-43)18-44-19-28)5-3-7-34(25)35-8-4-6-33(26(35)2)29-9-10-47-39(15-29)45-20-32(40(47)50)21-46(11-12-48)41(51)52/h3-10,13-16,18-20,22,48H,11-12,21,23-24H2,1-2H3,(H,51,52). The highest BCUT2D eigenvalue weighted by atomic mass is 35.5. The molecule has 272 valence electrons. The number of carboxylic acid groups (broad SMARTS) is 1. The lowest BCUT2D eigenvalue weighted by molar-refractivity contribution is 0.111. The van der Waals surface area contributed by atoms with Gasteiger partial charge in [0.1, 0.15) is 36.4 Å². The molecule has 6 rings (SSSR count). The van der Waals surface area contributed by atoms with Gasteiger partial charge in [0.05, 0.1) is 34.9 Å². The van der Waals surface area contributed by atoms with E-state index in [1.54, 1.807) is 24.5 Å². The zero-order valence-electron chi connectivity index (χ0n) is 29.3. The number of nitriles is 1. The van der Waals surface area contributed by atoms with E-state index < -0.39 is 6.09 Å². The maximum absolute atomic E-state index is 13.2. The third kappa shape index (κ3) is 7.92. The van der Waals surface area contributed by atoms with Crippen LogP contribution in [-0.2, 0) is 19.8 Å². The molecule has 0 spiro atoms. The molecule has 0 aliphatic heterocycles. The number of pyridine rings is 2. The zero-order valence-corrected chi connectivity index (χ0v) is 30.1. The Kier molecular flexibility index (Phi) is 11.3. The Hall–Kier alpha value is -6.55. The molecule has 13 heteroatoms. The molecule has 0 unspecified atom stereocenters. The van der Waals surface area contributed by atoms with Crippen LogP contribution in [0.4, 0.5) is 4.79 Å². The Labute approximate surface area is 315 Å². The lowest BCUT2D eigenvalue weighted by Gasteiger charge is -2.18. The predicted molar refractivity (Wildman–Crippen MR) is 202 cm³/mol. The number of halogens is 1. The zero-order chi connectivity index (χ0) is 38.4. The van der Waals surface area contributed by atoms with Crippen LogP contribution in [-0.4, -0.2) is 55.0 Å². The first-order valence-electron chi connectivity index (χ1n) is 16.8. The van der Waals surface area contributed by atoms with Crippen LogP contribution in [0.5, 0.6) is 11.5 Å². The third-order valence-electron chi connectivity index (χ3n) is 9.06. The van der Waals surface area contributed by atoms with Crippen molar-refractivity contribution >= 4 is 29.6 Å². The highest BCUT2D eigenvalue weighted by molar-refractivity contribution is 6.32. The average molecular weight is 744 g/mol. The van der Waals surface area contributed by atoms with E-state index in [0.29, 0.717) is 28.8 Å². The van der Waals surface area contributed by atoms with Crippen molar-refractivity contribution < 1.29 is 29.3 Å². The molecule has 0 saturated carbocycles. The molecule has 0 fully saturated rings. The van der Waals surface area contributed by atoms with Gasteiger partial charge in [0.25, 0.3) is 5.56 Å². The number of benzene rings is 3. The normalized spacial score (nSPS) is 10.9. The van der Waals surface area contributed by atoms with E-state index in [1.807, 2.05) is 68.4 Å². The molecule has 2 N–H and O–H groups in total. The van der Waals surface area contributed by atoms with Crippen molar-refractivity contribution in [1.29, 1.82) is 5.26 Å². The van der Waals surface area contributed by atoms with Crippen LogP contribution in [0.3, 0.4) is 0 Å². The summed E-state index contributed by atoms with van der Waals surface area (Å²) in [6, 6.07) is 22.4. The van der Waals surface area contributed by atoms with Crippen LogP contribution in [0.1, 0.15) is 43.7 Å². The van der Waals surface area contributed by atoms with E-state index in [0.717, 1.165) is 43.8 Å². The molecular formula is C41H34ClN5O7. The van der Waals surface area contributed by atoms with Gasteiger partial charge in [-0.25, -0.2) is 9.78 Å². The number of ether oxygens (including phenoxy) is 2. The first-order valence-corrected chi connectivity index (χ1v) is 17.2. The molecule has 3 aromatic carbocycles. The second kappa shape index (κ2) is 16.4. The van der Waals surface area contributed by atoms with Crippen molar-refractivity contribution in [2.75, 3.05) is 13.2 Å². The number of amides is 1. The second-order valence-electron chi connectivity index (χ2n) is 12.4. The topological polar surface area (TPSA) is 167 Å². The van der Waals surface area contributed by atoms with Crippen molar-refractivity contribution in [3.05, 3.63) is 146 Å². The van der Waals surface area contributed by atoms with Crippen molar-refractivity contribution in [1.82, 2.24) is 19.3 Å². The van der Waals surface area contributed by atoms with Crippen molar-refractivity contribution in [3.63, 3.8) is 0 Å². The highest BCUT2D eigenvalue weighted by Gasteiger charge is 2.18. The lowest BCUT2D eigenvalue weighted by atomic mass is 9.90. The van der Waals surface area contributed by atoms with Crippen molar-refractivity contribution in [3.8, 4) is 39.8 Å². The van der Waals surface area contributed by atoms with E-state index >= 15 is 0 Å². The highest BCUT2D eigenvalue weighted by Crippen LogP contribution is 2.36. The molecule has 3 aromatic heterocycles. The number of nitrogens with zero attached hydrogens (tertiary/aromatic N) is 5. The monoisotopic (exact) mass is 743 g/mol. The number of aliphatic hydroxyl groups is 1. The Morgan fingerprint density at radius 1 is 0.944 bits per heavy atom. The van der Waals surface area contributed by atoms with Gasteiger partial charge in [0, 0.05) is 43.0 Å². The number of aldehydes is 1. The summed E-state index contributed by atoms with van der Waals surface area (Å²) in [5, 5.41) is 28.0. The lowest BCUT2D eigenvalue weighted by Crippen LogP contribution is -2.34. The Balaban J connectivity index is 1.24. The Morgan fingerprint density at radius 3 is 2.43 bits per heavy atom. The van der Waals surface area contributed by atoms with Crippen molar-refractivity contribution in [2.45, 2.75) is 33.6 Å². The van der Waals surface area contributed by atoms with Gasteiger partial charge in [0.2, 0.25) is 0 Å². The number of carbonyl (C=O) groups excluding carboxylic acids is 1. The number of hydrogen-bond acceptors (Lipinski definition) is 9. The first-order chi connectivity index (χ1) is 26.1. The minimum absolute atomic E-state index is 0.0821. The smallest absolute Gasteiger partial charge is 0.407 e. The van der Waals surface area contributed by atoms with Crippen LogP contribution >= 0.6 is 11.6 Å². The predicted octanol–water partition coefficient (Wildman–Crippen LogP) is 7.01. The van der Waals surface area contributed by atoms with E-state index in [1.165, 1.54) is 22.9 Å². The quantitative estimate of drug-likeness (QED) is 0.118. The summed E-state index contributed by atoms with van der Waals surface area (Å²) in [5.74, 6) is 0.617.